The molecule has 0 fully saturated rings. The van der Waals surface area contributed by atoms with Crippen LogP contribution in [0.4, 0.5) is 14.5 Å². The lowest BCUT2D eigenvalue weighted by Crippen LogP contribution is -2.15. The van der Waals surface area contributed by atoms with Gasteiger partial charge in [0.1, 0.15) is 5.69 Å². The molecule has 0 saturated heterocycles. The molecule has 4 nitrogen and oxygen atoms in total. The number of methoxy groups -OCH3 is 1. The summed E-state index contributed by atoms with van der Waals surface area (Å²) in [5.41, 5.74) is 0.0996. The number of ether oxygens (including phenoxy) is 1. The lowest BCUT2D eigenvalue weighted by atomic mass is 10.2. The summed E-state index contributed by atoms with van der Waals surface area (Å²) < 4.78 is 58.5. The summed E-state index contributed by atoms with van der Waals surface area (Å²) in [6, 6.07) is 7.89. The molecule has 0 aromatic heterocycles. The molecule has 0 heterocycles. The van der Waals surface area contributed by atoms with Gasteiger partial charge in [-0.2, -0.15) is 0 Å². The van der Waals surface area contributed by atoms with E-state index in [-0.39, 0.29) is 10.6 Å². The van der Waals surface area contributed by atoms with Gasteiger partial charge in [0.05, 0.1) is 12.0 Å². The SMILES string of the molecule is COc1ccc(F)c(NS(=O)(=O)c2ccc(C)cc2)c1F. The first-order valence-electron chi connectivity index (χ1n) is 5.96. The maximum Gasteiger partial charge on any atom is 0.262 e. The first-order valence-corrected chi connectivity index (χ1v) is 7.45. The molecule has 0 aliphatic carbocycles. The third kappa shape index (κ3) is 3.13. The smallest absolute Gasteiger partial charge is 0.262 e. The molecule has 2 aromatic carbocycles. The Morgan fingerprint density at radius 3 is 2.24 bits per heavy atom. The number of sulfonamides is 1. The molecule has 1 N–H and O–H groups in total. The number of hydrogen-bond donors (Lipinski definition) is 1. The van der Waals surface area contributed by atoms with Crippen molar-refractivity contribution in [1.29, 1.82) is 0 Å². The minimum atomic E-state index is -4.09. The van der Waals surface area contributed by atoms with Crippen molar-refractivity contribution >= 4 is 15.7 Å². The van der Waals surface area contributed by atoms with Crippen LogP contribution in [0.1, 0.15) is 5.56 Å². The number of hydrogen-bond acceptors (Lipinski definition) is 3. The maximum absolute atomic E-state index is 14.0. The number of nitrogens with one attached hydrogen (secondary N) is 1. The third-order valence-electron chi connectivity index (χ3n) is 2.84. The zero-order valence-electron chi connectivity index (χ0n) is 11.4. The molecule has 112 valence electrons. The van der Waals surface area contributed by atoms with Crippen LogP contribution >= 0.6 is 0 Å². The van der Waals surface area contributed by atoms with Crippen LogP contribution in [0, 0.1) is 18.6 Å². The first kappa shape index (κ1) is 15.2. The van der Waals surface area contributed by atoms with Crippen LogP contribution in [0.5, 0.6) is 5.75 Å². The molecule has 0 radical (unpaired) electrons. The fourth-order valence-electron chi connectivity index (χ4n) is 1.70. The van der Waals surface area contributed by atoms with E-state index in [1.807, 2.05) is 4.72 Å². The summed E-state index contributed by atoms with van der Waals surface area (Å²) in [6.45, 7) is 1.80. The molecule has 7 heteroatoms. The van der Waals surface area contributed by atoms with E-state index >= 15 is 0 Å². The van der Waals surface area contributed by atoms with Gasteiger partial charge in [-0.1, -0.05) is 17.7 Å². The van der Waals surface area contributed by atoms with E-state index in [0.717, 1.165) is 17.7 Å². The summed E-state index contributed by atoms with van der Waals surface area (Å²) in [5, 5.41) is 0. The van der Waals surface area contributed by atoms with E-state index in [1.165, 1.54) is 19.2 Å². The van der Waals surface area contributed by atoms with Gasteiger partial charge in [0, 0.05) is 0 Å². The van der Waals surface area contributed by atoms with E-state index in [4.69, 9.17) is 4.74 Å². The minimum absolute atomic E-state index is 0.0882. The molecule has 0 spiro atoms. The van der Waals surface area contributed by atoms with Crippen molar-refractivity contribution in [3.05, 3.63) is 53.6 Å². The van der Waals surface area contributed by atoms with E-state index in [2.05, 4.69) is 0 Å². The lowest BCUT2D eigenvalue weighted by Gasteiger charge is -2.12. The Bertz CT molecular complexity index is 759. The Labute approximate surface area is 121 Å². The van der Waals surface area contributed by atoms with Crippen molar-refractivity contribution in [2.45, 2.75) is 11.8 Å². The van der Waals surface area contributed by atoms with Crippen LogP contribution in [-0.2, 0) is 10.0 Å². The van der Waals surface area contributed by atoms with Gasteiger partial charge in [0.25, 0.3) is 10.0 Å². The van der Waals surface area contributed by atoms with Crippen molar-refractivity contribution in [2.75, 3.05) is 11.8 Å². The monoisotopic (exact) mass is 313 g/mol. The standard InChI is InChI=1S/C14H13F2NO3S/c1-9-3-5-10(6-4-9)21(18,19)17-14-11(15)7-8-12(20-2)13(14)16/h3-8,17H,1-2H3. The van der Waals surface area contributed by atoms with E-state index < -0.39 is 27.3 Å². The van der Waals surface area contributed by atoms with Crippen molar-refractivity contribution in [2.24, 2.45) is 0 Å². The van der Waals surface area contributed by atoms with Gasteiger partial charge in [-0.15, -0.1) is 0 Å². The molecule has 0 aliphatic heterocycles. The van der Waals surface area contributed by atoms with Crippen molar-refractivity contribution in [1.82, 2.24) is 0 Å². The van der Waals surface area contributed by atoms with Gasteiger partial charge >= 0.3 is 0 Å². The fraction of sp³-hybridized carbons (Fsp3) is 0.143. The Morgan fingerprint density at radius 1 is 1.05 bits per heavy atom. The zero-order chi connectivity index (χ0) is 15.6. The molecular weight excluding hydrogens is 300 g/mol. The average molecular weight is 313 g/mol. The third-order valence-corrected chi connectivity index (χ3v) is 4.21. The molecule has 0 atom stereocenters. The Hall–Kier alpha value is -2.15. The van der Waals surface area contributed by atoms with Crippen LogP contribution in [0.3, 0.4) is 0 Å². The fourth-order valence-corrected chi connectivity index (χ4v) is 2.76. The Balaban J connectivity index is 2.44. The van der Waals surface area contributed by atoms with Gasteiger partial charge in [0.2, 0.25) is 0 Å². The normalized spacial score (nSPS) is 11.2. The van der Waals surface area contributed by atoms with E-state index in [0.29, 0.717) is 0 Å². The van der Waals surface area contributed by atoms with Crippen molar-refractivity contribution in [3.8, 4) is 5.75 Å². The van der Waals surface area contributed by atoms with E-state index in [1.54, 1.807) is 19.1 Å². The first-order chi connectivity index (χ1) is 9.85. The van der Waals surface area contributed by atoms with Gasteiger partial charge in [-0.05, 0) is 31.2 Å². The number of rotatable bonds is 4. The van der Waals surface area contributed by atoms with Gasteiger partial charge in [0.15, 0.2) is 17.4 Å². The van der Waals surface area contributed by atoms with Crippen molar-refractivity contribution in [3.63, 3.8) is 0 Å². The topological polar surface area (TPSA) is 55.4 Å². The molecule has 21 heavy (non-hydrogen) atoms. The lowest BCUT2D eigenvalue weighted by molar-refractivity contribution is 0.385. The number of benzene rings is 2. The molecule has 0 bridgehead atoms. The summed E-state index contributed by atoms with van der Waals surface area (Å²) in [7, 11) is -2.88. The van der Waals surface area contributed by atoms with Crippen molar-refractivity contribution < 1.29 is 21.9 Å². The average Bonchev–Trinajstić information content (AvgIpc) is 2.44. The predicted molar refractivity (Wildman–Crippen MR) is 74.9 cm³/mol. The molecule has 0 unspecified atom stereocenters. The molecule has 0 saturated carbocycles. The highest BCUT2D eigenvalue weighted by Gasteiger charge is 2.21. The largest absolute Gasteiger partial charge is 0.494 e. The van der Waals surface area contributed by atoms with Gasteiger partial charge in [-0.25, -0.2) is 17.2 Å². The molecular formula is C14H13F2NO3S. The highest BCUT2D eigenvalue weighted by atomic mass is 32.2. The Morgan fingerprint density at radius 2 is 1.67 bits per heavy atom. The predicted octanol–water partition coefficient (Wildman–Crippen LogP) is 3.08. The quantitative estimate of drug-likeness (QED) is 0.944. The second-order valence-electron chi connectivity index (χ2n) is 4.36. The summed E-state index contributed by atoms with van der Waals surface area (Å²) in [4.78, 5) is -0.0882. The maximum atomic E-state index is 14.0. The van der Waals surface area contributed by atoms with Crippen LogP contribution < -0.4 is 9.46 Å². The Kier molecular flexibility index (Phi) is 4.13. The minimum Gasteiger partial charge on any atom is -0.494 e. The van der Waals surface area contributed by atoms with Crippen LogP contribution in [0.2, 0.25) is 0 Å². The molecule has 0 aliphatic rings. The molecule has 2 rings (SSSR count). The summed E-state index contributed by atoms with van der Waals surface area (Å²) in [5.74, 6) is -2.38. The molecule has 2 aromatic rings. The van der Waals surface area contributed by atoms with E-state index in [9.17, 15) is 17.2 Å². The second-order valence-corrected chi connectivity index (χ2v) is 6.04. The number of anilines is 1. The van der Waals surface area contributed by atoms with Gasteiger partial charge in [-0.3, -0.25) is 4.72 Å². The number of aryl methyl sites for hydroxylation is 1. The number of halogens is 2. The highest BCUT2D eigenvalue weighted by molar-refractivity contribution is 7.92. The van der Waals surface area contributed by atoms with Crippen LogP contribution in [-0.4, -0.2) is 15.5 Å². The second kappa shape index (κ2) is 5.69. The highest BCUT2D eigenvalue weighted by Crippen LogP contribution is 2.29. The van der Waals surface area contributed by atoms with Crippen LogP contribution in [0.15, 0.2) is 41.3 Å². The summed E-state index contributed by atoms with van der Waals surface area (Å²) in [6.07, 6.45) is 0. The zero-order valence-corrected chi connectivity index (χ0v) is 12.2. The summed E-state index contributed by atoms with van der Waals surface area (Å²) >= 11 is 0. The molecule has 0 amide bonds. The van der Waals surface area contributed by atoms with Crippen LogP contribution in [0.25, 0.3) is 0 Å². The van der Waals surface area contributed by atoms with Gasteiger partial charge < -0.3 is 4.74 Å².